The average Bonchev–Trinajstić information content (AvgIpc) is 3.17. The predicted octanol–water partition coefficient (Wildman–Crippen LogP) is 3.90. The van der Waals surface area contributed by atoms with Gasteiger partial charge in [0.05, 0.1) is 18.3 Å². The summed E-state index contributed by atoms with van der Waals surface area (Å²) in [6.07, 6.45) is 3.22. The van der Waals surface area contributed by atoms with Crippen LogP contribution < -0.4 is 15.0 Å². The molecule has 1 amide bonds. The van der Waals surface area contributed by atoms with E-state index in [1.54, 1.807) is 31.6 Å². The van der Waals surface area contributed by atoms with E-state index in [4.69, 9.17) is 16.3 Å². The number of halogens is 1. The Bertz CT molecular complexity index is 989. The van der Waals surface area contributed by atoms with E-state index in [1.807, 2.05) is 24.3 Å². The molecule has 138 valence electrons. The van der Waals surface area contributed by atoms with E-state index in [1.165, 1.54) is 0 Å². The average molecular weight is 383 g/mol. The van der Waals surface area contributed by atoms with Crippen LogP contribution in [0.25, 0.3) is 10.9 Å². The Morgan fingerprint density at radius 1 is 1.26 bits per heavy atom. The number of benzene rings is 2. The van der Waals surface area contributed by atoms with E-state index in [0.717, 1.165) is 36.1 Å². The number of fused-ring (bicyclic) bond motifs is 1. The van der Waals surface area contributed by atoms with Crippen molar-refractivity contribution in [2.75, 3.05) is 23.9 Å². The normalized spacial score (nSPS) is 16.5. The molecule has 1 saturated heterocycles. The van der Waals surface area contributed by atoms with Crippen LogP contribution in [0, 0.1) is 0 Å². The van der Waals surface area contributed by atoms with Crippen LogP contribution in [-0.4, -0.2) is 35.6 Å². The van der Waals surface area contributed by atoms with E-state index in [0.29, 0.717) is 16.5 Å². The minimum Gasteiger partial charge on any atom is -0.495 e. The molecule has 4 rings (SSSR count). The molecule has 0 spiro atoms. The summed E-state index contributed by atoms with van der Waals surface area (Å²) in [5, 5.41) is 4.44. The van der Waals surface area contributed by atoms with Crippen molar-refractivity contribution in [2.45, 2.75) is 18.9 Å². The minimum atomic E-state index is -0.313. The van der Waals surface area contributed by atoms with Crippen molar-refractivity contribution in [2.24, 2.45) is 0 Å². The van der Waals surface area contributed by atoms with Gasteiger partial charge in [-0.2, -0.15) is 0 Å². The number of carbonyl (C=O) groups is 1. The molecule has 0 saturated carbocycles. The van der Waals surface area contributed by atoms with Crippen molar-refractivity contribution in [1.29, 1.82) is 0 Å². The van der Waals surface area contributed by atoms with Crippen molar-refractivity contribution in [3.63, 3.8) is 0 Å². The monoisotopic (exact) mass is 382 g/mol. The van der Waals surface area contributed by atoms with Gasteiger partial charge in [0.15, 0.2) is 0 Å². The molecule has 1 fully saturated rings. The summed E-state index contributed by atoms with van der Waals surface area (Å²) in [6, 6.07) is 12.7. The molecular weight excluding hydrogens is 364 g/mol. The van der Waals surface area contributed by atoms with Gasteiger partial charge in [0.1, 0.15) is 23.9 Å². The maximum absolute atomic E-state index is 13.0. The molecule has 0 aliphatic carbocycles. The Labute approximate surface area is 162 Å². The van der Waals surface area contributed by atoms with Crippen molar-refractivity contribution < 1.29 is 9.53 Å². The fourth-order valence-electron chi connectivity index (χ4n) is 3.51. The number of anilines is 2. The molecule has 0 radical (unpaired) electrons. The second kappa shape index (κ2) is 7.40. The number of carbonyl (C=O) groups excluding carboxylic acids is 1. The van der Waals surface area contributed by atoms with E-state index in [9.17, 15) is 4.79 Å². The van der Waals surface area contributed by atoms with Crippen molar-refractivity contribution in [3.05, 3.63) is 53.8 Å². The molecule has 1 N–H and O–H groups in total. The van der Waals surface area contributed by atoms with E-state index >= 15 is 0 Å². The van der Waals surface area contributed by atoms with Gasteiger partial charge < -0.3 is 15.0 Å². The first-order valence-corrected chi connectivity index (χ1v) is 9.16. The fourth-order valence-corrected chi connectivity index (χ4v) is 3.68. The summed E-state index contributed by atoms with van der Waals surface area (Å²) < 4.78 is 5.33. The maximum Gasteiger partial charge on any atom is 0.247 e. The van der Waals surface area contributed by atoms with E-state index < -0.39 is 0 Å². The molecule has 1 aliphatic heterocycles. The molecule has 1 atom stereocenters. The Hall–Kier alpha value is -2.86. The first-order chi connectivity index (χ1) is 13.2. The molecule has 2 heterocycles. The predicted molar refractivity (Wildman–Crippen MR) is 107 cm³/mol. The van der Waals surface area contributed by atoms with Gasteiger partial charge in [0.25, 0.3) is 0 Å². The van der Waals surface area contributed by atoms with Gasteiger partial charge in [-0.05, 0) is 43.2 Å². The molecule has 3 aromatic rings. The van der Waals surface area contributed by atoms with Gasteiger partial charge in [-0.1, -0.05) is 23.7 Å². The van der Waals surface area contributed by atoms with Crippen molar-refractivity contribution >= 4 is 39.9 Å². The van der Waals surface area contributed by atoms with Crippen LogP contribution >= 0.6 is 11.6 Å². The fraction of sp³-hybridized carbons (Fsp3) is 0.250. The zero-order valence-electron chi connectivity index (χ0n) is 14.9. The van der Waals surface area contributed by atoms with Gasteiger partial charge in [0.2, 0.25) is 5.91 Å². The van der Waals surface area contributed by atoms with Gasteiger partial charge in [0, 0.05) is 17.0 Å². The molecule has 1 aliphatic rings. The maximum atomic E-state index is 13.0. The van der Waals surface area contributed by atoms with Crippen LogP contribution in [0.2, 0.25) is 5.02 Å². The minimum absolute atomic E-state index is 0.101. The highest BCUT2D eigenvalue weighted by molar-refractivity contribution is 6.31. The van der Waals surface area contributed by atoms with Gasteiger partial charge in [-0.15, -0.1) is 0 Å². The number of amides is 1. The zero-order valence-corrected chi connectivity index (χ0v) is 15.6. The second-order valence-electron chi connectivity index (χ2n) is 6.40. The van der Waals surface area contributed by atoms with Crippen LogP contribution in [0.15, 0.2) is 48.8 Å². The Morgan fingerprint density at radius 3 is 2.96 bits per heavy atom. The second-order valence-corrected chi connectivity index (χ2v) is 6.84. The van der Waals surface area contributed by atoms with E-state index in [-0.39, 0.29) is 11.9 Å². The van der Waals surface area contributed by atoms with Crippen LogP contribution in [0.3, 0.4) is 0 Å². The topological polar surface area (TPSA) is 67.3 Å². The number of hydrogen-bond acceptors (Lipinski definition) is 5. The number of nitrogens with one attached hydrogen (secondary N) is 1. The Kier molecular flexibility index (Phi) is 4.81. The third-order valence-corrected chi connectivity index (χ3v) is 5.00. The molecule has 27 heavy (non-hydrogen) atoms. The van der Waals surface area contributed by atoms with Gasteiger partial charge in [-0.3, -0.25) is 4.79 Å². The number of ether oxygens (including phenoxy) is 1. The van der Waals surface area contributed by atoms with Crippen LogP contribution in [-0.2, 0) is 4.79 Å². The first kappa shape index (κ1) is 17.5. The number of methoxy groups -OCH3 is 1. The zero-order chi connectivity index (χ0) is 18.8. The smallest absolute Gasteiger partial charge is 0.247 e. The third-order valence-electron chi connectivity index (χ3n) is 4.77. The molecule has 1 unspecified atom stereocenters. The van der Waals surface area contributed by atoms with Gasteiger partial charge in [-0.25, -0.2) is 9.97 Å². The van der Waals surface area contributed by atoms with Gasteiger partial charge >= 0.3 is 0 Å². The van der Waals surface area contributed by atoms with Crippen molar-refractivity contribution in [1.82, 2.24) is 9.97 Å². The lowest BCUT2D eigenvalue weighted by Gasteiger charge is -2.26. The standard InChI is InChI=1S/C20H19ClN4O2/c1-27-18-9-8-13(21)11-16(18)24-20(26)17-7-4-10-25(17)19-14-5-2-3-6-15(14)22-12-23-19/h2-3,5-6,8-9,11-12,17H,4,7,10H2,1H3,(H,24,26). The summed E-state index contributed by atoms with van der Waals surface area (Å²) in [6.45, 7) is 0.770. The lowest BCUT2D eigenvalue weighted by Crippen LogP contribution is -2.40. The highest BCUT2D eigenvalue weighted by Gasteiger charge is 2.33. The Morgan fingerprint density at radius 2 is 2.11 bits per heavy atom. The molecule has 0 bridgehead atoms. The third kappa shape index (κ3) is 3.40. The van der Waals surface area contributed by atoms with E-state index in [2.05, 4.69) is 20.2 Å². The highest BCUT2D eigenvalue weighted by atomic mass is 35.5. The van der Waals surface area contributed by atoms with Crippen LogP contribution in [0.4, 0.5) is 11.5 Å². The molecule has 6 nitrogen and oxygen atoms in total. The Balaban J connectivity index is 1.63. The molecule has 2 aromatic carbocycles. The molecular formula is C20H19ClN4O2. The summed E-state index contributed by atoms with van der Waals surface area (Å²) in [5.74, 6) is 1.26. The number of aromatic nitrogens is 2. The first-order valence-electron chi connectivity index (χ1n) is 8.78. The number of para-hydroxylation sites is 1. The number of hydrogen-bond donors (Lipinski definition) is 1. The summed E-state index contributed by atoms with van der Waals surface area (Å²) in [5.41, 5.74) is 1.43. The molecule has 7 heteroatoms. The number of rotatable bonds is 4. The lowest BCUT2D eigenvalue weighted by atomic mass is 10.1. The van der Waals surface area contributed by atoms with Crippen LogP contribution in [0.1, 0.15) is 12.8 Å². The summed E-state index contributed by atoms with van der Waals surface area (Å²) >= 11 is 6.07. The number of nitrogens with zero attached hydrogens (tertiary/aromatic N) is 3. The molecule has 1 aromatic heterocycles. The quantitative estimate of drug-likeness (QED) is 0.741. The summed E-state index contributed by atoms with van der Waals surface area (Å²) in [4.78, 5) is 23.9. The van der Waals surface area contributed by atoms with Crippen LogP contribution in [0.5, 0.6) is 5.75 Å². The largest absolute Gasteiger partial charge is 0.495 e. The lowest BCUT2D eigenvalue weighted by molar-refractivity contribution is -0.117. The van der Waals surface area contributed by atoms with Crippen molar-refractivity contribution in [3.8, 4) is 5.75 Å². The highest BCUT2D eigenvalue weighted by Crippen LogP contribution is 2.32. The SMILES string of the molecule is COc1ccc(Cl)cc1NC(=O)C1CCCN1c1ncnc2ccccc12. The summed E-state index contributed by atoms with van der Waals surface area (Å²) in [7, 11) is 1.56.